The Morgan fingerprint density at radius 2 is 0.509 bits per heavy atom. The van der Waals surface area contributed by atoms with Crippen molar-refractivity contribution >= 4 is 17.7 Å². The number of thioether (sulfide) groups is 1. The van der Waals surface area contributed by atoms with Gasteiger partial charge in [0, 0.05) is 11.8 Å². The lowest BCUT2D eigenvalue weighted by Crippen LogP contribution is -2.68. The number of benzene rings is 10. The Labute approximate surface area is 625 Å². The van der Waals surface area contributed by atoms with Gasteiger partial charge in [-0.2, -0.15) is 0 Å². The Bertz CT molecular complexity index is 4080. The summed E-state index contributed by atoms with van der Waals surface area (Å²) in [7, 11) is 0. The Kier molecular flexibility index (Phi) is 28.9. The molecule has 0 amide bonds. The fraction of sp³-hybridized carbons (Fsp3) is 0.315. The fourth-order valence-corrected chi connectivity index (χ4v) is 14.4. The summed E-state index contributed by atoms with van der Waals surface area (Å²) in [5.41, 5.74) is 7.43. The van der Waals surface area contributed by atoms with E-state index in [0.29, 0.717) is 6.61 Å². The van der Waals surface area contributed by atoms with Crippen LogP contribution in [0.1, 0.15) is 57.0 Å². The van der Waals surface area contributed by atoms with Gasteiger partial charge < -0.3 is 71.1 Å². The molecule has 106 heavy (non-hydrogen) atoms. The minimum atomic E-state index is -1.48. The molecule has 0 saturated carbocycles. The van der Waals surface area contributed by atoms with Crippen molar-refractivity contribution in [3.05, 3.63) is 353 Å². The molecule has 0 bridgehead atoms. The van der Waals surface area contributed by atoms with Crippen LogP contribution in [0.5, 0.6) is 0 Å². The number of ether oxygens (including phenoxy) is 15. The van der Waals surface area contributed by atoms with Gasteiger partial charge in [0.1, 0.15) is 72.6 Å². The number of rotatable bonds is 37. The third-order valence-electron chi connectivity index (χ3n) is 18.5. The van der Waals surface area contributed by atoms with E-state index in [1.807, 2.05) is 303 Å². The van der Waals surface area contributed by atoms with E-state index in [2.05, 4.69) is 0 Å². The van der Waals surface area contributed by atoms with Crippen molar-refractivity contribution in [3.8, 4) is 0 Å². The van der Waals surface area contributed by atoms with Crippen molar-refractivity contribution in [1.82, 2.24) is 0 Å². The van der Waals surface area contributed by atoms with Crippen molar-refractivity contribution in [3.63, 3.8) is 0 Å². The molecule has 0 unspecified atom stereocenters. The van der Waals surface area contributed by atoms with Crippen LogP contribution in [-0.2, 0) is 135 Å². The maximum Gasteiger partial charge on any atom is 0.303 e. The predicted molar refractivity (Wildman–Crippen MR) is 402 cm³/mol. The van der Waals surface area contributed by atoms with E-state index in [0.717, 1.165) is 55.0 Å². The standard InChI is InChI=1S/C89H92O16S/c1-64(90)100-84-81(97-58-71-44-24-8-25-45-71)78(94-55-68-38-18-5-19-39-68)75(61-91-52-65-32-12-2-13-33-65)101-87(84)104-85-82(98-59-72-46-26-9-27-47-72)79(95-56-69-40-20-6-21-41-69)76(62-92-53-66-34-14-3-15-35-66)102-88(85)105-86-83(99-60-73-48-28-10-29-49-73)80(96-57-70-42-22-7-23-43-70)77(63-93-54-67-36-16-4-17-37-67)103-89(86)106-74-50-30-11-31-51-74/h2-51,75-89H,52-63H2,1H3/t75-,76-,77-,78-,79-,80-,81+,82+,83+,84+,85+,86+,87+,88+,89-/m1/s1. The highest BCUT2D eigenvalue weighted by molar-refractivity contribution is 7.99. The summed E-state index contributed by atoms with van der Waals surface area (Å²) in [4.78, 5) is 15.0. The largest absolute Gasteiger partial charge is 0.454 e. The van der Waals surface area contributed by atoms with Crippen molar-refractivity contribution in [2.45, 2.75) is 163 Å². The first-order valence-corrected chi connectivity index (χ1v) is 37.2. The summed E-state index contributed by atoms with van der Waals surface area (Å²) in [6, 6.07) is 99.5. The molecule has 0 aliphatic carbocycles. The lowest BCUT2D eigenvalue weighted by atomic mass is 9.95. The van der Waals surface area contributed by atoms with E-state index in [4.69, 9.17) is 71.1 Å². The van der Waals surface area contributed by atoms with E-state index in [-0.39, 0.29) is 72.7 Å². The minimum Gasteiger partial charge on any atom is -0.454 e. The topological polar surface area (TPSA) is 156 Å². The number of hydrogen-bond acceptors (Lipinski definition) is 17. The predicted octanol–water partition coefficient (Wildman–Crippen LogP) is 15.8. The molecule has 0 radical (unpaired) electrons. The highest BCUT2D eigenvalue weighted by Crippen LogP contribution is 2.43. The molecule has 3 saturated heterocycles. The molecule has 0 spiro atoms. The average molecular weight is 1450 g/mol. The van der Waals surface area contributed by atoms with Crippen LogP contribution in [0.3, 0.4) is 0 Å². The second kappa shape index (κ2) is 40.4. The summed E-state index contributed by atoms with van der Waals surface area (Å²) in [6.07, 6.45) is -15.1. The fourth-order valence-electron chi connectivity index (χ4n) is 13.3. The number of hydrogen-bond donors (Lipinski definition) is 0. The zero-order chi connectivity index (χ0) is 72.2. The van der Waals surface area contributed by atoms with Crippen LogP contribution in [0, 0.1) is 0 Å². The number of esters is 1. The second-order valence-corrected chi connectivity index (χ2v) is 27.6. The van der Waals surface area contributed by atoms with Crippen molar-refractivity contribution in [1.29, 1.82) is 0 Å². The smallest absolute Gasteiger partial charge is 0.303 e. The summed E-state index contributed by atoms with van der Waals surface area (Å²) in [5, 5.41) is 0. The lowest BCUT2D eigenvalue weighted by molar-refractivity contribution is -0.391. The van der Waals surface area contributed by atoms with Gasteiger partial charge in [-0.05, 0) is 62.2 Å². The molecular formula is C89H92O16S. The van der Waals surface area contributed by atoms with Crippen LogP contribution >= 0.6 is 11.8 Å². The third kappa shape index (κ3) is 22.3. The molecule has 10 aromatic carbocycles. The molecule has 15 atom stereocenters. The van der Waals surface area contributed by atoms with Gasteiger partial charge in [0.15, 0.2) is 18.7 Å². The highest BCUT2D eigenvalue weighted by Gasteiger charge is 2.58. The van der Waals surface area contributed by atoms with Gasteiger partial charge >= 0.3 is 5.97 Å². The average Bonchev–Trinajstić information content (AvgIpc) is 0.760. The van der Waals surface area contributed by atoms with Gasteiger partial charge in [0.2, 0.25) is 0 Å². The summed E-state index contributed by atoms with van der Waals surface area (Å²) < 4.78 is 109. The van der Waals surface area contributed by atoms with Crippen LogP contribution in [0.15, 0.2) is 308 Å². The molecule has 16 nitrogen and oxygen atoms in total. The summed E-state index contributed by atoms with van der Waals surface area (Å²) >= 11 is 1.48. The molecule has 3 heterocycles. The van der Waals surface area contributed by atoms with E-state index in [1.54, 1.807) is 0 Å². The lowest BCUT2D eigenvalue weighted by Gasteiger charge is -2.52. The van der Waals surface area contributed by atoms with Gasteiger partial charge in [-0.1, -0.05) is 303 Å². The van der Waals surface area contributed by atoms with E-state index in [1.165, 1.54) is 18.7 Å². The van der Waals surface area contributed by atoms with Gasteiger partial charge in [-0.15, -0.1) is 0 Å². The van der Waals surface area contributed by atoms with Gasteiger partial charge in [0.05, 0.1) is 79.3 Å². The zero-order valence-electron chi connectivity index (χ0n) is 59.5. The van der Waals surface area contributed by atoms with Crippen LogP contribution < -0.4 is 0 Å². The molecule has 13 rings (SSSR count). The first-order valence-electron chi connectivity index (χ1n) is 36.3. The SMILES string of the molecule is CC(=O)O[C@@H]1[C@H](O[C@@H]2[C@H](O[C@H]3[C@@H](OCc4ccccc4)[C@H](OCc4ccccc4)[C@@H](COCc4ccccc4)O[C@@H]3Sc3ccccc3)O[C@H](COCc3ccccc3)[C@@H](OCc3ccccc3)[C@@H]2OCc2ccccc2)O[C@H](COCc2ccccc2)[C@@H](OCc2ccccc2)[C@@H]1OCc1ccccc1. The Morgan fingerprint density at radius 1 is 0.274 bits per heavy atom. The van der Waals surface area contributed by atoms with Crippen LogP contribution in [0.2, 0.25) is 0 Å². The summed E-state index contributed by atoms with van der Waals surface area (Å²) in [5.74, 6) is -0.622. The van der Waals surface area contributed by atoms with Crippen LogP contribution in [0.4, 0.5) is 0 Å². The summed E-state index contributed by atoms with van der Waals surface area (Å²) in [6.45, 7) is 3.07. The quantitative estimate of drug-likeness (QED) is 0.0339. The van der Waals surface area contributed by atoms with Crippen molar-refractivity contribution in [2.24, 2.45) is 0 Å². The van der Waals surface area contributed by atoms with Gasteiger partial charge in [-0.3, -0.25) is 4.79 Å². The van der Waals surface area contributed by atoms with Crippen LogP contribution in [0.25, 0.3) is 0 Å². The molecule has 10 aromatic rings. The van der Waals surface area contributed by atoms with Crippen molar-refractivity contribution in [2.75, 3.05) is 19.8 Å². The van der Waals surface area contributed by atoms with E-state index >= 15 is 0 Å². The molecule has 3 fully saturated rings. The monoisotopic (exact) mass is 1450 g/mol. The molecule has 3 aliphatic heterocycles. The first-order chi connectivity index (χ1) is 52.4. The third-order valence-corrected chi connectivity index (χ3v) is 19.7. The van der Waals surface area contributed by atoms with Crippen molar-refractivity contribution < 1.29 is 75.8 Å². The Hall–Kier alpha value is -8.54. The Balaban J connectivity index is 0.960. The maximum absolute atomic E-state index is 14.1. The maximum atomic E-state index is 14.1. The van der Waals surface area contributed by atoms with Gasteiger partial charge in [-0.25, -0.2) is 0 Å². The molecular weight excluding hydrogens is 1360 g/mol. The molecule has 0 aromatic heterocycles. The molecule has 0 N–H and O–H groups in total. The second-order valence-electron chi connectivity index (χ2n) is 26.4. The van der Waals surface area contributed by atoms with E-state index < -0.39 is 97.2 Å². The molecule has 3 aliphatic rings. The molecule has 17 heteroatoms. The van der Waals surface area contributed by atoms with E-state index in [9.17, 15) is 4.79 Å². The first kappa shape index (κ1) is 75.7. The minimum absolute atomic E-state index is 0.000273. The highest BCUT2D eigenvalue weighted by atomic mass is 32.2. The Morgan fingerprint density at radius 3 is 0.811 bits per heavy atom. The number of carbonyl (C=O) groups is 1. The van der Waals surface area contributed by atoms with Crippen LogP contribution in [-0.4, -0.2) is 117 Å². The molecule has 550 valence electrons. The van der Waals surface area contributed by atoms with Gasteiger partial charge in [0.25, 0.3) is 0 Å². The zero-order valence-corrected chi connectivity index (χ0v) is 60.3. The number of carbonyl (C=O) groups excluding carboxylic acids is 1. The normalized spacial score (nSPS) is 24.4.